The van der Waals surface area contributed by atoms with Crippen molar-refractivity contribution in [3.05, 3.63) is 130 Å². The number of rotatable bonds is 8. The van der Waals surface area contributed by atoms with Gasteiger partial charge >= 0.3 is 0 Å². The van der Waals surface area contributed by atoms with E-state index < -0.39 is 0 Å². The zero-order valence-electron chi connectivity index (χ0n) is 31.8. The van der Waals surface area contributed by atoms with E-state index in [-0.39, 0.29) is 5.41 Å². The maximum atomic E-state index is 6.79. The Bertz CT molecular complexity index is 2390. The molecule has 0 radical (unpaired) electrons. The summed E-state index contributed by atoms with van der Waals surface area (Å²) in [5, 5.41) is 7.52. The highest BCUT2D eigenvalue weighted by Crippen LogP contribution is 2.39. The van der Waals surface area contributed by atoms with Crippen molar-refractivity contribution in [3.63, 3.8) is 0 Å². The monoisotopic (exact) mass is 674 g/mol. The second kappa shape index (κ2) is 13.2. The van der Waals surface area contributed by atoms with Crippen LogP contribution in [0.15, 0.2) is 91.1 Å². The Morgan fingerprint density at radius 2 is 1.47 bits per heavy atom. The summed E-state index contributed by atoms with van der Waals surface area (Å²) >= 11 is 0. The number of hydrogen-bond donors (Lipinski definition) is 0. The minimum atomic E-state index is -0.0988. The summed E-state index contributed by atoms with van der Waals surface area (Å²) in [6, 6.07) is 30.5. The molecule has 0 bridgehead atoms. The van der Waals surface area contributed by atoms with Gasteiger partial charge in [-0.15, -0.1) is 0 Å². The molecule has 0 aliphatic rings. The molecule has 0 spiro atoms. The van der Waals surface area contributed by atoms with E-state index in [1.165, 1.54) is 49.7 Å². The van der Waals surface area contributed by atoms with Crippen molar-refractivity contribution in [1.29, 1.82) is 0 Å². The molecule has 3 heterocycles. The van der Waals surface area contributed by atoms with Crippen molar-refractivity contribution in [2.24, 2.45) is 0 Å². The van der Waals surface area contributed by atoms with Gasteiger partial charge in [-0.2, -0.15) is 5.10 Å². The zero-order valence-corrected chi connectivity index (χ0v) is 31.8. The van der Waals surface area contributed by atoms with Crippen molar-refractivity contribution in [1.82, 2.24) is 19.3 Å². The fourth-order valence-electron chi connectivity index (χ4n) is 7.60. The average Bonchev–Trinajstić information content (AvgIpc) is 3.57. The van der Waals surface area contributed by atoms with E-state index in [4.69, 9.17) is 14.8 Å². The molecule has 0 atom stereocenters. The number of benzene rings is 4. The van der Waals surface area contributed by atoms with Crippen molar-refractivity contribution in [3.8, 4) is 34.1 Å². The van der Waals surface area contributed by atoms with Crippen LogP contribution in [0, 0.1) is 27.7 Å². The van der Waals surface area contributed by atoms with Crippen LogP contribution < -0.4 is 4.74 Å². The lowest BCUT2D eigenvalue weighted by molar-refractivity contribution is 0.478. The van der Waals surface area contributed by atoms with Gasteiger partial charge in [0.25, 0.3) is 0 Å². The number of nitrogens with zero attached hydrogens (tertiary/aromatic N) is 4. The molecule has 51 heavy (non-hydrogen) atoms. The smallest absolute Gasteiger partial charge is 0.137 e. The number of fused-ring (bicyclic) bond motifs is 3. The summed E-state index contributed by atoms with van der Waals surface area (Å²) in [5.41, 5.74) is 14.1. The van der Waals surface area contributed by atoms with Crippen LogP contribution in [0.5, 0.6) is 11.5 Å². The number of hydrogen-bond acceptors (Lipinski definition) is 3. The van der Waals surface area contributed by atoms with Gasteiger partial charge in [-0.3, -0.25) is 4.57 Å². The number of pyridine rings is 1. The largest absolute Gasteiger partial charge is 0.457 e. The Morgan fingerprint density at radius 1 is 0.745 bits per heavy atom. The highest BCUT2D eigenvalue weighted by molar-refractivity contribution is 6.09. The normalized spacial score (nSPS) is 12.1. The topological polar surface area (TPSA) is 44.9 Å². The lowest BCUT2D eigenvalue weighted by Crippen LogP contribution is -2.12. The number of aryl methyl sites for hydroxylation is 4. The van der Waals surface area contributed by atoms with Gasteiger partial charge in [0.1, 0.15) is 17.3 Å². The van der Waals surface area contributed by atoms with Gasteiger partial charge in [0.15, 0.2) is 0 Å². The number of ether oxygens (including phenoxy) is 1. The fraction of sp³-hybridized carbons (Fsp3) is 0.304. The van der Waals surface area contributed by atoms with Gasteiger partial charge < -0.3 is 4.74 Å². The molecule has 0 aliphatic carbocycles. The SMILES string of the molecule is CCCc1ccnc(-n2c3ccccc3c3ccc(Oc4cc(-n5nc(C)c(-c6c(C)cc(C(C)C)cc6C)c5C)cc(C(C)(C)C)c4)cc32)c1. The molecular formula is C46H50N4O. The van der Waals surface area contributed by atoms with Crippen LogP contribution in [0.3, 0.4) is 0 Å². The fourth-order valence-corrected chi connectivity index (χ4v) is 7.60. The Labute approximate surface area is 302 Å². The molecule has 5 nitrogen and oxygen atoms in total. The van der Waals surface area contributed by atoms with Crippen LogP contribution in [-0.4, -0.2) is 19.3 Å². The molecule has 7 rings (SSSR count). The van der Waals surface area contributed by atoms with Gasteiger partial charge in [0.05, 0.1) is 22.4 Å². The highest BCUT2D eigenvalue weighted by atomic mass is 16.5. The summed E-state index contributed by atoms with van der Waals surface area (Å²) in [6.07, 6.45) is 4.04. The molecule has 0 fully saturated rings. The van der Waals surface area contributed by atoms with Crippen LogP contribution >= 0.6 is 0 Å². The predicted octanol–water partition coefficient (Wildman–Crippen LogP) is 12.4. The first-order chi connectivity index (χ1) is 24.3. The van der Waals surface area contributed by atoms with E-state index in [0.29, 0.717) is 5.92 Å². The molecule has 0 saturated heterocycles. The number of aromatic nitrogens is 4. The van der Waals surface area contributed by atoms with Crippen molar-refractivity contribution >= 4 is 21.8 Å². The van der Waals surface area contributed by atoms with E-state index >= 15 is 0 Å². The van der Waals surface area contributed by atoms with E-state index in [1.54, 1.807) is 0 Å². The van der Waals surface area contributed by atoms with Crippen LogP contribution in [0.4, 0.5) is 0 Å². The van der Waals surface area contributed by atoms with E-state index in [2.05, 4.69) is 163 Å². The summed E-state index contributed by atoms with van der Waals surface area (Å²) in [6.45, 7) is 22.2. The average molecular weight is 675 g/mol. The first kappa shape index (κ1) is 34.3. The Morgan fingerprint density at radius 3 is 2.18 bits per heavy atom. The van der Waals surface area contributed by atoms with Crippen LogP contribution in [0.1, 0.15) is 93.1 Å². The third-order valence-corrected chi connectivity index (χ3v) is 10.2. The quantitative estimate of drug-likeness (QED) is 0.161. The molecule has 0 amide bonds. The van der Waals surface area contributed by atoms with Crippen molar-refractivity contribution in [2.75, 3.05) is 0 Å². The second-order valence-electron chi connectivity index (χ2n) is 15.5. The molecule has 5 heteroatoms. The molecule has 0 saturated carbocycles. The van der Waals surface area contributed by atoms with Gasteiger partial charge in [-0.1, -0.05) is 78.3 Å². The standard InChI is InChI=1S/C46H50N4O/c1-11-14-33-19-20-47-43(23-33)49-41-16-13-12-15-39(41)40-18-17-37(27-42(40)49)51-38-25-35(46(8,9)10)24-36(26-38)50-32(7)45(31(6)48-50)44-29(4)21-34(28(2)3)22-30(44)5/h12-13,15-28H,11,14H2,1-10H3. The molecule has 0 aliphatic heterocycles. The predicted molar refractivity (Wildman–Crippen MR) is 213 cm³/mol. The molecular weight excluding hydrogens is 625 g/mol. The minimum absolute atomic E-state index is 0.0988. The summed E-state index contributed by atoms with van der Waals surface area (Å²) in [5.74, 6) is 2.97. The van der Waals surface area contributed by atoms with Gasteiger partial charge in [0.2, 0.25) is 0 Å². The van der Waals surface area contributed by atoms with E-state index in [9.17, 15) is 0 Å². The van der Waals surface area contributed by atoms with E-state index in [0.717, 1.165) is 58.3 Å². The Hall–Kier alpha value is -5.16. The van der Waals surface area contributed by atoms with Crippen molar-refractivity contribution < 1.29 is 4.74 Å². The number of para-hydroxylation sites is 1. The summed E-state index contributed by atoms with van der Waals surface area (Å²) < 4.78 is 11.2. The third-order valence-electron chi connectivity index (χ3n) is 10.2. The lowest BCUT2D eigenvalue weighted by atomic mass is 9.86. The Balaban J connectivity index is 1.34. The van der Waals surface area contributed by atoms with Crippen LogP contribution in [-0.2, 0) is 11.8 Å². The molecule has 4 aromatic carbocycles. The first-order valence-corrected chi connectivity index (χ1v) is 18.3. The molecule has 3 aromatic heterocycles. The van der Waals surface area contributed by atoms with Crippen molar-refractivity contribution in [2.45, 2.75) is 93.4 Å². The molecule has 0 unspecified atom stereocenters. The first-order valence-electron chi connectivity index (χ1n) is 18.3. The maximum Gasteiger partial charge on any atom is 0.137 e. The maximum absolute atomic E-state index is 6.79. The summed E-state index contributed by atoms with van der Waals surface area (Å²) in [4.78, 5) is 4.84. The summed E-state index contributed by atoms with van der Waals surface area (Å²) in [7, 11) is 0. The zero-order chi connectivity index (χ0) is 36.2. The minimum Gasteiger partial charge on any atom is -0.457 e. The second-order valence-corrected chi connectivity index (χ2v) is 15.5. The molecule has 260 valence electrons. The van der Waals surface area contributed by atoms with Gasteiger partial charge in [-0.05, 0) is 121 Å². The molecule has 7 aromatic rings. The Kier molecular flexibility index (Phi) is 8.87. The third kappa shape index (κ3) is 6.35. The highest BCUT2D eigenvalue weighted by Gasteiger charge is 2.22. The lowest BCUT2D eigenvalue weighted by Gasteiger charge is -2.22. The van der Waals surface area contributed by atoms with Gasteiger partial charge in [-0.25, -0.2) is 9.67 Å². The molecule has 0 N–H and O–H groups in total. The van der Waals surface area contributed by atoms with E-state index in [1.807, 2.05) is 6.20 Å². The van der Waals surface area contributed by atoms with Crippen LogP contribution in [0.2, 0.25) is 0 Å². The van der Waals surface area contributed by atoms with Crippen LogP contribution in [0.25, 0.3) is 44.4 Å². The van der Waals surface area contributed by atoms with Gasteiger partial charge in [0, 0.05) is 40.4 Å².